The molecule has 1 aromatic carbocycles. The molecule has 108 valence electrons. The van der Waals surface area contributed by atoms with Crippen molar-refractivity contribution in [3.63, 3.8) is 0 Å². The van der Waals surface area contributed by atoms with Crippen molar-refractivity contribution in [1.82, 2.24) is 0 Å². The third-order valence-electron chi connectivity index (χ3n) is 3.60. The number of nitrogens with two attached hydrogens (primary N) is 1. The number of benzene rings is 1. The van der Waals surface area contributed by atoms with E-state index in [0.717, 1.165) is 12.0 Å². The van der Waals surface area contributed by atoms with E-state index in [1.54, 1.807) is 0 Å². The minimum Gasteiger partial charge on any atom is -0.374 e. The van der Waals surface area contributed by atoms with E-state index in [-0.39, 0.29) is 12.1 Å². The molecule has 19 heavy (non-hydrogen) atoms. The Bertz CT molecular complexity index is 325. The first-order chi connectivity index (χ1) is 9.15. The summed E-state index contributed by atoms with van der Waals surface area (Å²) in [6.45, 7) is 6.46. The van der Waals surface area contributed by atoms with Gasteiger partial charge >= 0.3 is 0 Å². The fraction of sp³-hybridized carbons (Fsp3) is 0.647. The minimum absolute atomic E-state index is 0.0423. The van der Waals surface area contributed by atoms with Gasteiger partial charge in [-0.25, -0.2) is 0 Å². The Morgan fingerprint density at radius 3 is 2.37 bits per heavy atom. The van der Waals surface area contributed by atoms with Gasteiger partial charge in [0.2, 0.25) is 0 Å². The highest BCUT2D eigenvalue weighted by atomic mass is 16.5. The molecule has 3 atom stereocenters. The molecule has 1 aromatic rings. The molecule has 0 aliphatic carbocycles. The lowest BCUT2D eigenvalue weighted by molar-refractivity contribution is -0.0105. The molecule has 2 heteroatoms. The largest absolute Gasteiger partial charge is 0.374 e. The van der Waals surface area contributed by atoms with Crippen molar-refractivity contribution < 1.29 is 4.74 Å². The van der Waals surface area contributed by atoms with Crippen LogP contribution in [-0.4, -0.2) is 12.2 Å². The smallest absolute Gasteiger partial charge is 0.0743 e. The second-order valence-corrected chi connectivity index (χ2v) is 5.44. The number of hydrogen-bond donors (Lipinski definition) is 1. The average Bonchev–Trinajstić information content (AvgIpc) is 2.43. The van der Waals surface area contributed by atoms with Crippen molar-refractivity contribution in [2.75, 3.05) is 0 Å². The number of ether oxygens (including phenoxy) is 1. The molecule has 0 aromatic heterocycles. The van der Waals surface area contributed by atoms with Crippen LogP contribution in [0.4, 0.5) is 0 Å². The fourth-order valence-corrected chi connectivity index (χ4v) is 2.32. The van der Waals surface area contributed by atoms with Crippen LogP contribution in [0.15, 0.2) is 30.3 Å². The van der Waals surface area contributed by atoms with Crippen LogP contribution < -0.4 is 5.73 Å². The topological polar surface area (TPSA) is 35.2 Å². The summed E-state index contributed by atoms with van der Waals surface area (Å²) in [4.78, 5) is 0. The van der Waals surface area contributed by atoms with Gasteiger partial charge in [-0.2, -0.15) is 0 Å². The zero-order valence-electron chi connectivity index (χ0n) is 12.6. The minimum atomic E-state index is -0.0423. The molecule has 0 saturated carbocycles. The molecule has 0 aliphatic heterocycles. The normalized spacial score (nSPS) is 16.0. The molecule has 0 fully saturated rings. The molecular formula is C17H29NO. The molecular weight excluding hydrogens is 234 g/mol. The van der Waals surface area contributed by atoms with E-state index in [4.69, 9.17) is 10.5 Å². The summed E-state index contributed by atoms with van der Waals surface area (Å²) in [5.74, 6) is 0. The van der Waals surface area contributed by atoms with Gasteiger partial charge in [-0.3, -0.25) is 0 Å². The molecule has 0 bridgehead atoms. The first-order valence-electron chi connectivity index (χ1n) is 7.61. The van der Waals surface area contributed by atoms with Gasteiger partial charge in [0.25, 0.3) is 0 Å². The lowest BCUT2D eigenvalue weighted by atomic mass is 10.0. The number of unbranched alkanes of at least 4 members (excludes halogenated alkanes) is 3. The van der Waals surface area contributed by atoms with Gasteiger partial charge in [-0.05, 0) is 25.8 Å². The van der Waals surface area contributed by atoms with E-state index < -0.39 is 0 Å². The Morgan fingerprint density at radius 1 is 1.05 bits per heavy atom. The maximum Gasteiger partial charge on any atom is 0.0743 e. The van der Waals surface area contributed by atoms with E-state index in [1.807, 2.05) is 18.2 Å². The highest BCUT2D eigenvalue weighted by Gasteiger charge is 2.17. The van der Waals surface area contributed by atoms with Crippen LogP contribution in [0.1, 0.15) is 64.5 Å². The van der Waals surface area contributed by atoms with Gasteiger partial charge in [-0.1, -0.05) is 62.9 Å². The van der Waals surface area contributed by atoms with Crippen molar-refractivity contribution in [1.29, 1.82) is 0 Å². The average molecular weight is 263 g/mol. The van der Waals surface area contributed by atoms with Gasteiger partial charge in [-0.15, -0.1) is 0 Å². The predicted molar refractivity (Wildman–Crippen MR) is 82.1 cm³/mol. The highest BCUT2D eigenvalue weighted by molar-refractivity contribution is 5.19. The molecule has 3 unspecified atom stereocenters. The van der Waals surface area contributed by atoms with Crippen molar-refractivity contribution in [2.24, 2.45) is 5.73 Å². The van der Waals surface area contributed by atoms with Crippen LogP contribution in [-0.2, 0) is 4.74 Å². The van der Waals surface area contributed by atoms with Crippen molar-refractivity contribution in [3.8, 4) is 0 Å². The zero-order chi connectivity index (χ0) is 14.1. The zero-order valence-corrected chi connectivity index (χ0v) is 12.6. The van der Waals surface area contributed by atoms with E-state index >= 15 is 0 Å². The summed E-state index contributed by atoms with van der Waals surface area (Å²) >= 11 is 0. The SMILES string of the molecule is CCCCCCC(C)OC(C)C(N)c1ccccc1. The molecule has 0 saturated heterocycles. The van der Waals surface area contributed by atoms with Gasteiger partial charge in [0, 0.05) is 0 Å². The maximum absolute atomic E-state index is 6.24. The Balaban J connectivity index is 2.31. The molecule has 0 heterocycles. The Labute approximate surface area is 118 Å². The summed E-state index contributed by atoms with van der Waals surface area (Å²) in [7, 11) is 0. The maximum atomic E-state index is 6.24. The lowest BCUT2D eigenvalue weighted by Crippen LogP contribution is -2.29. The van der Waals surface area contributed by atoms with E-state index in [1.165, 1.54) is 25.7 Å². The Hall–Kier alpha value is -0.860. The second kappa shape index (κ2) is 9.11. The summed E-state index contributed by atoms with van der Waals surface area (Å²) in [5, 5.41) is 0. The van der Waals surface area contributed by atoms with Crippen LogP contribution >= 0.6 is 0 Å². The molecule has 1 rings (SSSR count). The van der Waals surface area contributed by atoms with Crippen LogP contribution in [0.25, 0.3) is 0 Å². The Kier molecular flexibility index (Phi) is 7.76. The molecule has 0 aliphatic rings. The van der Waals surface area contributed by atoms with Crippen LogP contribution in [0.3, 0.4) is 0 Å². The summed E-state index contributed by atoms with van der Waals surface area (Å²) in [6, 6.07) is 10.1. The van der Waals surface area contributed by atoms with Crippen LogP contribution in [0, 0.1) is 0 Å². The van der Waals surface area contributed by atoms with Gasteiger partial charge in [0.15, 0.2) is 0 Å². The fourth-order valence-electron chi connectivity index (χ4n) is 2.32. The summed E-state index contributed by atoms with van der Waals surface area (Å²) in [6.07, 6.45) is 6.65. The molecule has 0 radical (unpaired) electrons. The number of rotatable bonds is 9. The second-order valence-electron chi connectivity index (χ2n) is 5.44. The van der Waals surface area contributed by atoms with Crippen LogP contribution in [0.2, 0.25) is 0 Å². The quantitative estimate of drug-likeness (QED) is 0.668. The number of hydrogen-bond acceptors (Lipinski definition) is 2. The standard InChI is InChI=1S/C17H29NO/c1-4-5-6-8-11-14(2)19-15(3)17(18)16-12-9-7-10-13-16/h7,9-10,12-15,17H,4-6,8,11,18H2,1-3H3. The highest BCUT2D eigenvalue weighted by Crippen LogP contribution is 2.19. The predicted octanol–water partition coefficient (Wildman–Crippen LogP) is 4.45. The first-order valence-corrected chi connectivity index (χ1v) is 7.61. The van der Waals surface area contributed by atoms with Gasteiger partial charge < -0.3 is 10.5 Å². The molecule has 0 spiro atoms. The Morgan fingerprint density at radius 2 is 1.74 bits per heavy atom. The van der Waals surface area contributed by atoms with Crippen molar-refractivity contribution >= 4 is 0 Å². The van der Waals surface area contributed by atoms with Crippen molar-refractivity contribution in [2.45, 2.75) is 71.1 Å². The molecule has 0 amide bonds. The monoisotopic (exact) mass is 263 g/mol. The molecule has 2 N–H and O–H groups in total. The van der Waals surface area contributed by atoms with Crippen LogP contribution in [0.5, 0.6) is 0 Å². The van der Waals surface area contributed by atoms with Crippen molar-refractivity contribution in [3.05, 3.63) is 35.9 Å². The van der Waals surface area contributed by atoms with Gasteiger partial charge in [0.1, 0.15) is 0 Å². The van der Waals surface area contributed by atoms with Gasteiger partial charge in [0.05, 0.1) is 18.2 Å². The van der Waals surface area contributed by atoms with E-state index in [9.17, 15) is 0 Å². The summed E-state index contributed by atoms with van der Waals surface area (Å²) < 4.78 is 6.02. The third kappa shape index (κ3) is 6.22. The first kappa shape index (κ1) is 16.2. The van der Waals surface area contributed by atoms with E-state index in [2.05, 4.69) is 32.9 Å². The summed E-state index contributed by atoms with van der Waals surface area (Å²) in [5.41, 5.74) is 7.38. The lowest BCUT2D eigenvalue weighted by Gasteiger charge is -2.24. The van der Waals surface area contributed by atoms with E-state index in [0.29, 0.717) is 6.10 Å². The molecule has 2 nitrogen and oxygen atoms in total. The third-order valence-corrected chi connectivity index (χ3v) is 3.60.